The predicted molar refractivity (Wildman–Crippen MR) is 81.7 cm³/mol. The molecule has 0 amide bonds. The number of ether oxygens (including phenoxy) is 1. The molecule has 0 aliphatic heterocycles. The van der Waals surface area contributed by atoms with Crippen LogP contribution in [0.25, 0.3) is 0 Å². The number of pyridine rings is 1. The van der Waals surface area contributed by atoms with E-state index in [1.165, 1.54) is 6.07 Å². The maximum Gasteiger partial charge on any atom is 0.165 e. The van der Waals surface area contributed by atoms with Gasteiger partial charge in [0.1, 0.15) is 6.61 Å². The fourth-order valence-electron chi connectivity index (χ4n) is 2.04. The summed E-state index contributed by atoms with van der Waals surface area (Å²) in [5.74, 6) is -0.0536. The van der Waals surface area contributed by atoms with Crippen LogP contribution in [-0.4, -0.2) is 11.5 Å². The van der Waals surface area contributed by atoms with E-state index >= 15 is 0 Å². The van der Waals surface area contributed by atoms with Crippen molar-refractivity contribution in [3.63, 3.8) is 0 Å². The number of nitrogens with zero attached hydrogens (tertiary/aromatic N) is 1. The molecule has 0 saturated carbocycles. The van der Waals surface area contributed by atoms with Crippen LogP contribution in [0.5, 0.6) is 5.75 Å². The lowest BCUT2D eigenvalue weighted by Crippen LogP contribution is -2.13. The van der Waals surface area contributed by atoms with Crippen molar-refractivity contribution in [1.29, 1.82) is 0 Å². The first-order chi connectivity index (χ1) is 10.2. The highest BCUT2D eigenvalue weighted by atomic mass is 19.1. The smallest absolute Gasteiger partial charge is 0.165 e. The molecular weight excluding hydrogens is 267 g/mol. The zero-order valence-corrected chi connectivity index (χ0v) is 12.5. The number of aryl methyl sites for hydroxylation is 1. The van der Waals surface area contributed by atoms with Gasteiger partial charge in [-0.15, -0.1) is 0 Å². The van der Waals surface area contributed by atoms with Crippen LogP contribution in [0, 0.1) is 12.7 Å². The Balaban J connectivity index is 1.94. The summed E-state index contributed by atoms with van der Waals surface area (Å²) in [5, 5.41) is 3.25. The van der Waals surface area contributed by atoms with Crippen LogP contribution in [0.2, 0.25) is 0 Å². The van der Waals surface area contributed by atoms with E-state index in [2.05, 4.69) is 17.2 Å². The van der Waals surface area contributed by atoms with Crippen LogP contribution >= 0.6 is 0 Å². The van der Waals surface area contributed by atoms with Crippen molar-refractivity contribution >= 4 is 0 Å². The van der Waals surface area contributed by atoms with Gasteiger partial charge in [-0.2, -0.15) is 0 Å². The quantitative estimate of drug-likeness (QED) is 0.790. The number of halogens is 1. The van der Waals surface area contributed by atoms with Gasteiger partial charge in [0.15, 0.2) is 11.6 Å². The molecule has 2 aromatic rings. The number of nitrogens with one attached hydrogen (secondary N) is 1. The summed E-state index contributed by atoms with van der Waals surface area (Å²) in [6.45, 7) is 5.99. The van der Waals surface area contributed by atoms with E-state index in [1.807, 2.05) is 19.1 Å². The zero-order valence-electron chi connectivity index (χ0n) is 12.5. The van der Waals surface area contributed by atoms with E-state index < -0.39 is 0 Å². The summed E-state index contributed by atoms with van der Waals surface area (Å²) in [7, 11) is 0. The van der Waals surface area contributed by atoms with Gasteiger partial charge in [0.2, 0.25) is 0 Å². The standard InChI is InChI=1S/C17H21FN2O/c1-3-6-19-10-14-4-5-17(16(18)8-14)21-12-15-7-13(2)9-20-11-15/h4-5,7-9,11,19H,3,6,10,12H2,1-2H3. The molecule has 3 nitrogen and oxygen atoms in total. The van der Waals surface area contributed by atoms with Crippen LogP contribution in [0.1, 0.15) is 30.0 Å². The van der Waals surface area contributed by atoms with Crippen LogP contribution in [0.15, 0.2) is 36.7 Å². The van der Waals surface area contributed by atoms with E-state index in [0.29, 0.717) is 13.2 Å². The van der Waals surface area contributed by atoms with E-state index in [4.69, 9.17) is 4.74 Å². The predicted octanol–water partition coefficient (Wildman–Crippen LogP) is 3.61. The lowest BCUT2D eigenvalue weighted by atomic mass is 10.2. The fourth-order valence-corrected chi connectivity index (χ4v) is 2.04. The first kappa shape index (κ1) is 15.4. The molecule has 1 aromatic carbocycles. The number of aromatic nitrogens is 1. The minimum atomic E-state index is -0.327. The summed E-state index contributed by atoms with van der Waals surface area (Å²) < 4.78 is 19.5. The Bertz CT molecular complexity index is 587. The molecule has 4 heteroatoms. The van der Waals surface area contributed by atoms with Gasteiger partial charge < -0.3 is 10.1 Å². The molecule has 0 atom stereocenters. The molecule has 1 heterocycles. The number of rotatable bonds is 7. The Morgan fingerprint density at radius 3 is 2.76 bits per heavy atom. The van der Waals surface area contributed by atoms with Gasteiger partial charge in [0.05, 0.1) is 0 Å². The molecule has 0 aliphatic rings. The van der Waals surface area contributed by atoms with Crippen LogP contribution in [0.4, 0.5) is 4.39 Å². The Morgan fingerprint density at radius 2 is 2.05 bits per heavy atom. The van der Waals surface area contributed by atoms with Gasteiger partial charge in [-0.05, 0) is 49.2 Å². The minimum Gasteiger partial charge on any atom is -0.486 e. The van der Waals surface area contributed by atoms with Crippen molar-refractivity contribution in [3.8, 4) is 5.75 Å². The molecule has 0 spiro atoms. The summed E-state index contributed by atoms with van der Waals surface area (Å²) in [6, 6.07) is 7.07. The SMILES string of the molecule is CCCNCc1ccc(OCc2cncc(C)c2)c(F)c1. The Labute approximate surface area is 125 Å². The van der Waals surface area contributed by atoms with E-state index in [1.54, 1.807) is 18.5 Å². The minimum absolute atomic E-state index is 0.274. The lowest BCUT2D eigenvalue weighted by Gasteiger charge is -2.09. The molecule has 2 rings (SSSR count). The monoisotopic (exact) mass is 288 g/mol. The molecular formula is C17H21FN2O. The molecule has 0 unspecified atom stereocenters. The zero-order chi connectivity index (χ0) is 15.1. The molecule has 21 heavy (non-hydrogen) atoms. The van der Waals surface area contributed by atoms with Gasteiger partial charge in [0, 0.05) is 24.5 Å². The second kappa shape index (κ2) is 7.74. The first-order valence-corrected chi connectivity index (χ1v) is 7.21. The summed E-state index contributed by atoms with van der Waals surface area (Å²) in [4.78, 5) is 4.09. The maximum atomic E-state index is 14.0. The molecule has 112 valence electrons. The Kier molecular flexibility index (Phi) is 5.69. The Morgan fingerprint density at radius 1 is 1.19 bits per heavy atom. The highest BCUT2D eigenvalue weighted by Gasteiger charge is 2.05. The number of hydrogen-bond acceptors (Lipinski definition) is 3. The van der Waals surface area contributed by atoms with Crippen molar-refractivity contribution in [2.75, 3.05) is 6.54 Å². The van der Waals surface area contributed by atoms with Crippen LogP contribution < -0.4 is 10.1 Å². The Hall–Kier alpha value is -1.94. The number of hydrogen-bond donors (Lipinski definition) is 1. The first-order valence-electron chi connectivity index (χ1n) is 7.21. The third kappa shape index (κ3) is 4.83. The van der Waals surface area contributed by atoms with Crippen molar-refractivity contribution < 1.29 is 9.13 Å². The third-order valence-corrected chi connectivity index (χ3v) is 3.08. The average molecular weight is 288 g/mol. The van der Waals surface area contributed by atoms with E-state index in [9.17, 15) is 4.39 Å². The molecule has 0 bridgehead atoms. The largest absolute Gasteiger partial charge is 0.486 e. The average Bonchev–Trinajstić information content (AvgIpc) is 2.47. The van der Waals surface area contributed by atoms with Crippen molar-refractivity contribution in [1.82, 2.24) is 10.3 Å². The lowest BCUT2D eigenvalue weighted by molar-refractivity contribution is 0.289. The van der Waals surface area contributed by atoms with Gasteiger partial charge in [-0.3, -0.25) is 4.98 Å². The van der Waals surface area contributed by atoms with Crippen molar-refractivity contribution in [2.45, 2.75) is 33.4 Å². The highest BCUT2D eigenvalue weighted by Crippen LogP contribution is 2.19. The van der Waals surface area contributed by atoms with Gasteiger partial charge in [-0.1, -0.05) is 13.0 Å². The summed E-state index contributed by atoms with van der Waals surface area (Å²) in [5.41, 5.74) is 2.92. The molecule has 0 aliphatic carbocycles. The highest BCUT2D eigenvalue weighted by molar-refractivity contribution is 5.29. The second-order valence-electron chi connectivity index (χ2n) is 5.10. The summed E-state index contributed by atoms with van der Waals surface area (Å²) >= 11 is 0. The number of benzene rings is 1. The maximum absolute atomic E-state index is 14.0. The van der Waals surface area contributed by atoms with E-state index in [-0.39, 0.29) is 11.6 Å². The normalized spacial score (nSPS) is 10.6. The van der Waals surface area contributed by atoms with Crippen molar-refractivity contribution in [3.05, 3.63) is 59.2 Å². The van der Waals surface area contributed by atoms with Gasteiger partial charge in [0.25, 0.3) is 0 Å². The van der Waals surface area contributed by atoms with E-state index in [0.717, 1.165) is 29.7 Å². The second-order valence-corrected chi connectivity index (χ2v) is 5.10. The molecule has 0 fully saturated rings. The van der Waals surface area contributed by atoms with Crippen molar-refractivity contribution in [2.24, 2.45) is 0 Å². The molecule has 1 N–H and O–H groups in total. The molecule has 0 radical (unpaired) electrons. The van der Waals surface area contributed by atoms with Gasteiger partial charge >= 0.3 is 0 Å². The fraction of sp³-hybridized carbons (Fsp3) is 0.353. The summed E-state index contributed by atoms with van der Waals surface area (Å²) in [6.07, 6.45) is 4.57. The third-order valence-electron chi connectivity index (χ3n) is 3.08. The topological polar surface area (TPSA) is 34.1 Å². The van der Waals surface area contributed by atoms with Crippen LogP contribution in [0.3, 0.4) is 0 Å². The molecule has 1 aromatic heterocycles. The molecule has 0 saturated heterocycles. The van der Waals surface area contributed by atoms with Gasteiger partial charge in [-0.25, -0.2) is 4.39 Å². The van der Waals surface area contributed by atoms with Crippen LogP contribution in [-0.2, 0) is 13.2 Å².